The van der Waals surface area contributed by atoms with Gasteiger partial charge >= 0.3 is 6.18 Å². The van der Waals surface area contributed by atoms with Crippen molar-refractivity contribution in [3.63, 3.8) is 0 Å². The first-order valence-corrected chi connectivity index (χ1v) is 6.23. The number of halogens is 3. The first kappa shape index (κ1) is 15.6. The molecule has 0 spiro atoms. The highest BCUT2D eigenvalue weighted by molar-refractivity contribution is 5.82. The topological polar surface area (TPSA) is 84.7 Å². The van der Waals surface area contributed by atoms with E-state index in [1.807, 2.05) is 0 Å². The summed E-state index contributed by atoms with van der Waals surface area (Å²) in [7, 11) is 0. The van der Waals surface area contributed by atoms with E-state index in [9.17, 15) is 18.0 Å². The second-order valence-electron chi connectivity index (χ2n) is 4.57. The lowest BCUT2D eigenvalue weighted by Gasteiger charge is -2.20. The molecule has 22 heavy (non-hydrogen) atoms. The Balaban J connectivity index is 2.30. The highest BCUT2D eigenvalue weighted by Crippen LogP contribution is 2.37. The summed E-state index contributed by atoms with van der Waals surface area (Å²) in [5, 5.41) is 12.3. The van der Waals surface area contributed by atoms with Crippen LogP contribution < -0.4 is 5.73 Å². The summed E-state index contributed by atoms with van der Waals surface area (Å²) in [6, 6.07) is 8.83. The molecule has 0 saturated carbocycles. The Labute approximate surface area is 123 Å². The van der Waals surface area contributed by atoms with Crippen molar-refractivity contribution in [2.45, 2.75) is 18.5 Å². The van der Waals surface area contributed by atoms with E-state index in [0.29, 0.717) is 4.68 Å². The molecule has 1 atom stereocenters. The SMILES string of the molecule is N#Cc1cnn(C(=O)CC(c2ccccc2)C(F)(F)F)c1N. The van der Waals surface area contributed by atoms with Gasteiger partial charge in [0.2, 0.25) is 5.91 Å². The molecule has 0 aliphatic carbocycles. The van der Waals surface area contributed by atoms with Crippen molar-refractivity contribution in [1.29, 1.82) is 5.26 Å². The van der Waals surface area contributed by atoms with E-state index in [1.54, 1.807) is 12.1 Å². The number of alkyl halides is 3. The number of nitrogens with zero attached hydrogens (tertiary/aromatic N) is 3. The summed E-state index contributed by atoms with van der Waals surface area (Å²) in [4.78, 5) is 12.0. The maximum absolute atomic E-state index is 13.2. The molecule has 1 unspecified atom stereocenters. The van der Waals surface area contributed by atoms with Crippen LogP contribution in [0, 0.1) is 11.3 Å². The average molecular weight is 308 g/mol. The summed E-state index contributed by atoms with van der Waals surface area (Å²) in [5.41, 5.74) is 5.44. The van der Waals surface area contributed by atoms with Crippen LogP contribution >= 0.6 is 0 Å². The minimum absolute atomic E-state index is 0.0189. The highest BCUT2D eigenvalue weighted by atomic mass is 19.4. The van der Waals surface area contributed by atoms with E-state index >= 15 is 0 Å². The summed E-state index contributed by atoms with van der Waals surface area (Å²) in [5.74, 6) is -3.15. The molecule has 1 heterocycles. The Morgan fingerprint density at radius 3 is 2.50 bits per heavy atom. The molecule has 1 aromatic heterocycles. The average Bonchev–Trinajstić information content (AvgIpc) is 2.85. The molecule has 2 N–H and O–H groups in total. The number of nitriles is 1. The number of carbonyl (C=O) groups is 1. The molecule has 0 saturated heterocycles. The number of nitrogens with two attached hydrogens (primary N) is 1. The highest BCUT2D eigenvalue weighted by Gasteiger charge is 2.42. The molecule has 5 nitrogen and oxygen atoms in total. The van der Waals surface area contributed by atoms with Gasteiger partial charge in [-0.05, 0) is 5.56 Å². The van der Waals surface area contributed by atoms with Crippen molar-refractivity contribution < 1.29 is 18.0 Å². The molecule has 0 aliphatic rings. The zero-order valence-corrected chi connectivity index (χ0v) is 11.2. The predicted octanol–water partition coefficient (Wildman–Crippen LogP) is 2.71. The van der Waals surface area contributed by atoms with Crippen LogP contribution in [0.3, 0.4) is 0 Å². The van der Waals surface area contributed by atoms with Gasteiger partial charge in [-0.3, -0.25) is 4.79 Å². The number of carbonyl (C=O) groups excluding carboxylic acids is 1. The number of nitrogen functional groups attached to an aromatic ring is 1. The van der Waals surface area contributed by atoms with Gasteiger partial charge in [0.15, 0.2) is 0 Å². The number of hydrogen-bond acceptors (Lipinski definition) is 4. The largest absolute Gasteiger partial charge is 0.396 e. The maximum atomic E-state index is 13.2. The van der Waals surface area contributed by atoms with E-state index < -0.39 is 24.4 Å². The van der Waals surface area contributed by atoms with E-state index in [2.05, 4.69) is 5.10 Å². The van der Waals surface area contributed by atoms with E-state index in [-0.39, 0.29) is 16.9 Å². The number of anilines is 1. The Kier molecular flexibility index (Phi) is 4.17. The number of benzene rings is 1. The van der Waals surface area contributed by atoms with Gasteiger partial charge in [-0.1, -0.05) is 30.3 Å². The Morgan fingerprint density at radius 2 is 2.00 bits per heavy atom. The molecule has 0 amide bonds. The lowest BCUT2D eigenvalue weighted by molar-refractivity contribution is -0.150. The molecular weight excluding hydrogens is 297 g/mol. The third-order valence-electron chi connectivity index (χ3n) is 3.14. The van der Waals surface area contributed by atoms with Crippen LogP contribution in [0.15, 0.2) is 36.5 Å². The summed E-state index contributed by atoms with van der Waals surface area (Å²) < 4.78 is 40.2. The Bertz CT molecular complexity index is 716. The fourth-order valence-electron chi connectivity index (χ4n) is 2.01. The van der Waals surface area contributed by atoms with Crippen LogP contribution in [-0.4, -0.2) is 21.9 Å². The molecule has 1 aromatic carbocycles. The molecule has 2 rings (SSSR count). The van der Waals surface area contributed by atoms with Gasteiger partial charge in [0.1, 0.15) is 17.5 Å². The minimum Gasteiger partial charge on any atom is -0.382 e. The molecule has 0 radical (unpaired) electrons. The second-order valence-corrected chi connectivity index (χ2v) is 4.57. The summed E-state index contributed by atoms with van der Waals surface area (Å²) >= 11 is 0. The second kappa shape index (κ2) is 5.89. The summed E-state index contributed by atoms with van der Waals surface area (Å²) in [6.07, 6.45) is -4.39. The number of aromatic nitrogens is 2. The van der Waals surface area contributed by atoms with Crippen molar-refractivity contribution in [2.75, 3.05) is 5.73 Å². The molecule has 2 aromatic rings. The number of rotatable bonds is 3. The van der Waals surface area contributed by atoms with Crippen LogP contribution in [0.1, 0.15) is 28.3 Å². The first-order valence-electron chi connectivity index (χ1n) is 6.23. The Morgan fingerprint density at radius 1 is 1.36 bits per heavy atom. The number of hydrogen-bond donors (Lipinski definition) is 1. The molecular formula is C14H11F3N4O. The third kappa shape index (κ3) is 3.09. The molecule has 0 aliphatic heterocycles. The fourth-order valence-corrected chi connectivity index (χ4v) is 2.01. The van der Waals surface area contributed by atoms with Gasteiger partial charge in [-0.25, -0.2) is 0 Å². The summed E-state index contributed by atoms with van der Waals surface area (Å²) in [6.45, 7) is 0. The van der Waals surface area contributed by atoms with Crippen LogP contribution in [0.2, 0.25) is 0 Å². The van der Waals surface area contributed by atoms with Crippen LogP contribution in [0.5, 0.6) is 0 Å². The zero-order valence-electron chi connectivity index (χ0n) is 11.2. The lowest BCUT2D eigenvalue weighted by Crippen LogP contribution is -2.27. The molecule has 114 valence electrons. The fraction of sp³-hybridized carbons (Fsp3) is 0.214. The Hall–Kier alpha value is -2.82. The minimum atomic E-state index is -4.59. The van der Waals surface area contributed by atoms with Gasteiger partial charge < -0.3 is 5.73 Å². The van der Waals surface area contributed by atoms with Crippen molar-refractivity contribution >= 4 is 11.7 Å². The van der Waals surface area contributed by atoms with Crippen LogP contribution in [0.4, 0.5) is 19.0 Å². The van der Waals surface area contributed by atoms with E-state index in [0.717, 1.165) is 6.20 Å². The monoisotopic (exact) mass is 308 g/mol. The van der Waals surface area contributed by atoms with E-state index in [1.165, 1.54) is 24.3 Å². The van der Waals surface area contributed by atoms with Gasteiger partial charge in [0.25, 0.3) is 0 Å². The third-order valence-corrected chi connectivity index (χ3v) is 3.14. The standard InChI is InChI=1S/C14H11F3N4O/c15-14(16,17)11(9-4-2-1-3-5-9)6-12(22)21-13(19)10(7-18)8-20-21/h1-5,8,11H,6,19H2. The van der Waals surface area contributed by atoms with Gasteiger partial charge in [0.05, 0.1) is 12.1 Å². The van der Waals surface area contributed by atoms with Gasteiger partial charge in [-0.15, -0.1) is 0 Å². The van der Waals surface area contributed by atoms with Crippen molar-refractivity contribution in [2.24, 2.45) is 0 Å². The quantitative estimate of drug-likeness (QED) is 0.944. The van der Waals surface area contributed by atoms with Gasteiger partial charge in [-0.2, -0.15) is 28.2 Å². The lowest BCUT2D eigenvalue weighted by atomic mass is 9.95. The van der Waals surface area contributed by atoms with E-state index in [4.69, 9.17) is 11.0 Å². The van der Waals surface area contributed by atoms with Crippen LogP contribution in [-0.2, 0) is 0 Å². The predicted molar refractivity (Wildman–Crippen MR) is 71.8 cm³/mol. The molecule has 0 bridgehead atoms. The van der Waals surface area contributed by atoms with Gasteiger partial charge in [0, 0.05) is 6.42 Å². The van der Waals surface area contributed by atoms with Crippen molar-refractivity contribution in [3.8, 4) is 6.07 Å². The van der Waals surface area contributed by atoms with Crippen molar-refractivity contribution in [1.82, 2.24) is 9.78 Å². The molecule has 8 heteroatoms. The smallest absolute Gasteiger partial charge is 0.382 e. The maximum Gasteiger partial charge on any atom is 0.396 e. The van der Waals surface area contributed by atoms with Crippen molar-refractivity contribution in [3.05, 3.63) is 47.7 Å². The van der Waals surface area contributed by atoms with Crippen LogP contribution in [0.25, 0.3) is 0 Å². The molecule has 0 fully saturated rings. The zero-order chi connectivity index (χ0) is 16.3. The first-order chi connectivity index (χ1) is 10.3. The normalized spacial score (nSPS) is 12.6.